The number of nitrogens with zero attached hydrogens (tertiary/aromatic N) is 2. The Balaban J connectivity index is 1.31. The molecule has 1 fully saturated rings. The molecule has 0 saturated heterocycles. The molecule has 168 valence electrons. The lowest BCUT2D eigenvalue weighted by Crippen LogP contribution is -2.34. The Morgan fingerprint density at radius 1 is 1.06 bits per heavy atom. The number of carbonyl (C=O) groups is 1. The lowest BCUT2D eigenvalue weighted by atomic mass is 9.86. The predicted octanol–water partition coefficient (Wildman–Crippen LogP) is 4.71. The molecule has 2 aromatic carbocycles. The quantitative estimate of drug-likeness (QED) is 0.566. The van der Waals surface area contributed by atoms with Crippen molar-refractivity contribution in [1.29, 1.82) is 0 Å². The summed E-state index contributed by atoms with van der Waals surface area (Å²) in [7, 11) is 5.74. The Kier molecular flexibility index (Phi) is 6.78. The van der Waals surface area contributed by atoms with Crippen LogP contribution in [0.25, 0.3) is 10.9 Å². The molecule has 2 N–H and O–H groups in total. The summed E-state index contributed by atoms with van der Waals surface area (Å²) in [6.45, 7) is 0.710. The topological polar surface area (TPSA) is 66.5 Å². The number of amides is 1. The number of methoxy groups -OCH3 is 1. The van der Waals surface area contributed by atoms with E-state index in [4.69, 9.17) is 9.72 Å². The van der Waals surface area contributed by atoms with Crippen molar-refractivity contribution in [1.82, 2.24) is 10.3 Å². The van der Waals surface area contributed by atoms with Crippen LogP contribution in [0.4, 0.5) is 11.5 Å². The molecule has 1 amide bonds. The zero-order valence-corrected chi connectivity index (χ0v) is 19.1. The number of nitrogens with one attached hydrogen (secondary N) is 2. The van der Waals surface area contributed by atoms with Crippen molar-refractivity contribution in [3.8, 4) is 5.75 Å². The van der Waals surface area contributed by atoms with Gasteiger partial charge in [-0.05, 0) is 55.9 Å². The average molecular weight is 433 g/mol. The number of aromatic nitrogens is 1. The fourth-order valence-corrected chi connectivity index (χ4v) is 4.42. The molecule has 1 heterocycles. The number of anilines is 2. The van der Waals surface area contributed by atoms with Gasteiger partial charge in [0.25, 0.3) is 5.91 Å². The number of hydrogen-bond acceptors (Lipinski definition) is 5. The summed E-state index contributed by atoms with van der Waals surface area (Å²) in [4.78, 5) is 19.4. The average Bonchev–Trinajstić information content (AvgIpc) is 2.82. The summed E-state index contributed by atoms with van der Waals surface area (Å²) >= 11 is 0. The molecular weight excluding hydrogens is 400 g/mol. The van der Waals surface area contributed by atoms with Gasteiger partial charge in [0.2, 0.25) is 0 Å². The summed E-state index contributed by atoms with van der Waals surface area (Å²) in [6.07, 6.45) is 4.32. The van der Waals surface area contributed by atoms with E-state index in [9.17, 15) is 4.79 Å². The third-order valence-electron chi connectivity index (χ3n) is 6.26. The maximum absolute atomic E-state index is 12.5. The number of hydrogen-bond donors (Lipinski definition) is 2. The van der Waals surface area contributed by atoms with Crippen LogP contribution in [0, 0.1) is 5.92 Å². The molecule has 6 heteroatoms. The minimum Gasteiger partial charge on any atom is -0.497 e. The van der Waals surface area contributed by atoms with Crippen LogP contribution in [0.5, 0.6) is 5.75 Å². The van der Waals surface area contributed by atoms with E-state index in [1.807, 2.05) is 24.3 Å². The first-order chi connectivity index (χ1) is 15.5. The molecule has 1 aromatic heterocycles. The second kappa shape index (κ2) is 9.90. The fraction of sp³-hybridized carbons (Fsp3) is 0.385. The van der Waals surface area contributed by atoms with Gasteiger partial charge in [-0.2, -0.15) is 0 Å². The lowest BCUT2D eigenvalue weighted by Gasteiger charge is -2.30. The van der Waals surface area contributed by atoms with E-state index in [-0.39, 0.29) is 5.91 Å². The van der Waals surface area contributed by atoms with Crippen LogP contribution in [0.1, 0.15) is 36.0 Å². The highest BCUT2D eigenvalue weighted by atomic mass is 16.5. The molecule has 6 nitrogen and oxygen atoms in total. The van der Waals surface area contributed by atoms with Crippen LogP contribution < -0.4 is 20.3 Å². The Hall–Kier alpha value is -3.28. The summed E-state index contributed by atoms with van der Waals surface area (Å²) in [5.74, 6) is 2.09. The molecule has 1 aliphatic rings. The van der Waals surface area contributed by atoms with E-state index < -0.39 is 0 Å². The summed E-state index contributed by atoms with van der Waals surface area (Å²) < 4.78 is 5.21. The van der Waals surface area contributed by atoms with E-state index in [2.05, 4.69) is 53.9 Å². The van der Waals surface area contributed by atoms with Crippen molar-refractivity contribution in [2.45, 2.75) is 31.7 Å². The number of carbonyl (C=O) groups excluding carboxylic acids is 1. The van der Waals surface area contributed by atoms with Gasteiger partial charge in [0.15, 0.2) is 0 Å². The maximum Gasteiger partial charge on any atom is 0.251 e. The third-order valence-corrected chi connectivity index (χ3v) is 6.26. The number of rotatable bonds is 7. The minimum atomic E-state index is -0.0410. The van der Waals surface area contributed by atoms with Crippen molar-refractivity contribution < 1.29 is 9.53 Å². The third kappa shape index (κ3) is 5.13. The van der Waals surface area contributed by atoms with Crippen LogP contribution in [0.15, 0.2) is 54.6 Å². The van der Waals surface area contributed by atoms with E-state index in [1.54, 1.807) is 13.2 Å². The first-order valence-corrected chi connectivity index (χ1v) is 11.3. The van der Waals surface area contributed by atoms with Crippen molar-refractivity contribution in [2.75, 3.05) is 38.0 Å². The van der Waals surface area contributed by atoms with Crippen LogP contribution in [0.2, 0.25) is 0 Å². The predicted molar refractivity (Wildman–Crippen MR) is 131 cm³/mol. The molecule has 0 atom stereocenters. The molecule has 1 aliphatic carbocycles. The molecule has 1 saturated carbocycles. The second-order valence-electron chi connectivity index (χ2n) is 8.74. The lowest BCUT2D eigenvalue weighted by molar-refractivity contribution is 0.0943. The number of para-hydroxylation sites is 1. The first kappa shape index (κ1) is 21.9. The number of fused-ring (bicyclic) bond motifs is 1. The van der Waals surface area contributed by atoms with E-state index >= 15 is 0 Å². The molecule has 0 spiro atoms. The number of ether oxygens (including phenoxy) is 1. The molecule has 0 bridgehead atoms. The highest BCUT2D eigenvalue weighted by Crippen LogP contribution is 2.30. The van der Waals surface area contributed by atoms with Crippen LogP contribution in [-0.4, -0.2) is 44.7 Å². The summed E-state index contributed by atoms with van der Waals surface area (Å²) in [5, 5.41) is 7.91. The van der Waals surface area contributed by atoms with Crippen molar-refractivity contribution in [3.05, 3.63) is 60.2 Å². The summed E-state index contributed by atoms with van der Waals surface area (Å²) in [5.41, 5.74) is 2.82. The normalized spacial score (nSPS) is 18.2. The number of benzene rings is 2. The molecule has 32 heavy (non-hydrogen) atoms. The van der Waals surface area contributed by atoms with Crippen LogP contribution in [0.3, 0.4) is 0 Å². The molecule has 0 unspecified atom stereocenters. The molecule has 3 aromatic rings. The molecule has 4 rings (SSSR count). The van der Waals surface area contributed by atoms with Crippen molar-refractivity contribution in [2.24, 2.45) is 5.92 Å². The van der Waals surface area contributed by atoms with Gasteiger partial charge in [-0.25, -0.2) is 4.98 Å². The largest absolute Gasteiger partial charge is 0.497 e. The Morgan fingerprint density at radius 2 is 1.84 bits per heavy atom. The number of pyridine rings is 1. The Morgan fingerprint density at radius 3 is 2.59 bits per heavy atom. The highest BCUT2D eigenvalue weighted by molar-refractivity contribution is 5.94. The maximum atomic E-state index is 12.5. The summed E-state index contributed by atoms with van der Waals surface area (Å²) in [6, 6.07) is 18.1. The highest BCUT2D eigenvalue weighted by Gasteiger charge is 2.22. The standard InChI is InChI=1S/C26H32N4O2/c1-30(2)24-16-25(29-23-10-5-4-9-22(23)24)28-20-13-11-18(12-14-20)17-27-26(31)19-7-6-8-21(15-19)32-3/h4-10,15-16,18,20H,11-14,17H2,1-3H3,(H,27,31)(H,28,29)/t18-,20+. The van der Waals surface area contributed by atoms with Gasteiger partial charge in [0.05, 0.1) is 12.6 Å². The van der Waals surface area contributed by atoms with Crippen LogP contribution in [-0.2, 0) is 0 Å². The van der Waals surface area contributed by atoms with E-state index in [0.29, 0.717) is 29.8 Å². The van der Waals surface area contributed by atoms with Gasteiger partial charge in [-0.3, -0.25) is 4.79 Å². The smallest absolute Gasteiger partial charge is 0.251 e. The Labute approximate surface area is 190 Å². The van der Waals surface area contributed by atoms with Gasteiger partial charge in [0, 0.05) is 49.4 Å². The molecule has 0 aliphatic heterocycles. The van der Waals surface area contributed by atoms with Crippen molar-refractivity contribution in [3.63, 3.8) is 0 Å². The SMILES string of the molecule is COc1cccc(C(=O)NC[C@H]2CC[C@@H](Nc3cc(N(C)C)c4ccccc4n3)CC2)c1. The van der Waals surface area contributed by atoms with Gasteiger partial charge < -0.3 is 20.3 Å². The van der Waals surface area contributed by atoms with E-state index in [0.717, 1.165) is 37.0 Å². The zero-order chi connectivity index (χ0) is 22.5. The Bertz CT molecular complexity index is 1070. The minimum absolute atomic E-state index is 0.0410. The second-order valence-corrected chi connectivity index (χ2v) is 8.74. The zero-order valence-electron chi connectivity index (χ0n) is 19.1. The molecular formula is C26H32N4O2. The van der Waals surface area contributed by atoms with E-state index in [1.165, 1.54) is 11.1 Å². The van der Waals surface area contributed by atoms with Gasteiger partial charge in [-0.1, -0.05) is 24.3 Å². The van der Waals surface area contributed by atoms with Gasteiger partial charge in [0.1, 0.15) is 11.6 Å². The van der Waals surface area contributed by atoms with Crippen molar-refractivity contribution >= 4 is 28.3 Å². The fourth-order valence-electron chi connectivity index (χ4n) is 4.42. The van der Waals surface area contributed by atoms with Gasteiger partial charge >= 0.3 is 0 Å². The first-order valence-electron chi connectivity index (χ1n) is 11.3. The van der Waals surface area contributed by atoms with Crippen LogP contribution >= 0.6 is 0 Å². The van der Waals surface area contributed by atoms with Gasteiger partial charge in [-0.15, -0.1) is 0 Å². The molecule has 0 radical (unpaired) electrons. The monoisotopic (exact) mass is 432 g/mol.